The number of allylic oxidation sites excluding steroid dienone is 2. The predicted molar refractivity (Wildman–Crippen MR) is 76.6 cm³/mol. The van der Waals surface area contributed by atoms with E-state index in [1.54, 1.807) is 24.3 Å². The van der Waals surface area contributed by atoms with Crippen molar-refractivity contribution in [3.05, 3.63) is 47.6 Å². The molecule has 1 aromatic carbocycles. The van der Waals surface area contributed by atoms with E-state index in [0.29, 0.717) is 11.5 Å². The fraction of sp³-hybridized carbons (Fsp3) is 0.250. The molecule has 0 atom stereocenters. The van der Waals surface area contributed by atoms with E-state index < -0.39 is 11.9 Å². The van der Waals surface area contributed by atoms with E-state index in [0.717, 1.165) is 11.1 Å². The molecule has 0 aliphatic heterocycles. The van der Waals surface area contributed by atoms with Crippen LogP contribution in [0.3, 0.4) is 0 Å². The number of hydrogen-bond donors (Lipinski definition) is 0. The highest BCUT2D eigenvalue weighted by Gasteiger charge is 2.04. The van der Waals surface area contributed by atoms with Crippen LogP contribution in [0.1, 0.15) is 27.7 Å². The SMILES string of the molecule is CC(C)=CC(=O)Oc1ccc(OC(=O)C=C(C)C)cc1. The first-order chi connectivity index (χ1) is 9.36. The van der Waals surface area contributed by atoms with Gasteiger partial charge in [-0.05, 0) is 52.0 Å². The van der Waals surface area contributed by atoms with Crippen LogP contribution >= 0.6 is 0 Å². The van der Waals surface area contributed by atoms with Gasteiger partial charge in [-0.1, -0.05) is 11.1 Å². The van der Waals surface area contributed by atoms with Gasteiger partial charge in [-0.25, -0.2) is 9.59 Å². The second kappa shape index (κ2) is 7.28. The van der Waals surface area contributed by atoms with E-state index in [9.17, 15) is 9.59 Å². The maximum absolute atomic E-state index is 11.4. The van der Waals surface area contributed by atoms with E-state index in [-0.39, 0.29) is 0 Å². The molecule has 0 spiro atoms. The summed E-state index contributed by atoms with van der Waals surface area (Å²) in [5.41, 5.74) is 1.73. The van der Waals surface area contributed by atoms with Crippen molar-refractivity contribution in [3.63, 3.8) is 0 Å². The molecule has 20 heavy (non-hydrogen) atoms. The molecule has 0 N–H and O–H groups in total. The summed E-state index contributed by atoms with van der Waals surface area (Å²) in [6, 6.07) is 6.29. The lowest BCUT2D eigenvalue weighted by Gasteiger charge is -2.04. The third kappa shape index (κ3) is 6.00. The molecule has 0 aliphatic carbocycles. The fourth-order valence-electron chi connectivity index (χ4n) is 1.34. The lowest BCUT2D eigenvalue weighted by atomic mass is 10.3. The Kier molecular flexibility index (Phi) is 5.72. The third-order valence-electron chi connectivity index (χ3n) is 2.07. The minimum absolute atomic E-state index is 0.398. The highest BCUT2D eigenvalue weighted by molar-refractivity contribution is 5.85. The first-order valence-electron chi connectivity index (χ1n) is 6.20. The highest BCUT2D eigenvalue weighted by Crippen LogP contribution is 2.18. The van der Waals surface area contributed by atoms with Crippen molar-refractivity contribution in [1.82, 2.24) is 0 Å². The Balaban J connectivity index is 2.65. The molecule has 0 amide bonds. The summed E-state index contributed by atoms with van der Waals surface area (Å²) in [5.74, 6) is -0.0670. The summed E-state index contributed by atoms with van der Waals surface area (Å²) >= 11 is 0. The molecule has 0 radical (unpaired) electrons. The van der Waals surface area contributed by atoms with Crippen LogP contribution in [0.25, 0.3) is 0 Å². The average molecular weight is 274 g/mol. The van der Waals surface area contributed by atoms with Crippen LogP contribution in [-0.2, 0) is 9.59 Å². The number of carbonyl (C=O) groups excluding carboxylic acids is 2. The predicted octanol–water partition coefficient (Wildman–Crippen LogP) is 3.43. The topological polar surface area (TPSA) is 52.6 Å². The Bertz CT molecular complexity index is 491. The molecule has 0 heterocycles. The minimum atomic E-state index is -0.431. The average Bonchev–Trinajstić information content (AvgIpc) is 2.29. The van der Waals surface area contributed by atoms with Gasteiger partial charge in [0.05, 0.1) is 0 Å². The van der Waals surface area contributed by atoms with Crippen molar-refractivity contribution in [2.45, 2.75) is 27.7 Å². The summed E-state index contributed by atoms with van der Waals surface area (Å²) in [7, 11) is 0. The molecule has 1 aromatic rings. The Hall–Kier alpha value is -2.36. The van der Waals surface area contributed by atoms with Gasteiger partial charge in [0.2, 0.25) is 0 Å². The summed E-state index contributed by atoms with van der Waals surface area (Å²) in [5, 5.41) is 0. The smallest absolute Gasteiger partial charge is 0.336 e. The van der Waals surface area contributed by atoms with Crippen molar-refractivity contribution >= 4 is 11.9 Å². The van der Waals surface area contributed by atoms with Gasteiger partial charge in [-0.15, -0.1) is 0 Å². The van der Waals surface area contributed by atoms with Crippen LogP contribution in [0.15, 0.2) is 47.6 Å². The molecular formula is C16H18O4. The van der Waals surface area contributed by atoms with E-state index in [1.165, 1.54) is 12.2 Å². The zero-order valence-corrected chi connectivity index (χ0v) is 12.1. The lowest BCUT2D eigenvalue weighted by molar-refractivity contribution is -0.130. The zero-order valence-electron chi connectivity index (χ0n) is 12.1. The van der Waals surface area contributed by atoms with Crippen LogP contribution in [0.2, 0.25) is 0 Å². The van der Waals surface area contributed by atoms with Crippen LogP contribution in [0.4, 0.5) is 0 Å². The first-order valence-corrected chi connectivity index (χ1v) is 6.20. The zero-order chi connectivity index (χ0) is 15.1. The van der Waals surface area contributed by atoms with Crippen LogP contribution in [-0.4, -0.2) is 11.9 Å². The summed E-state index contributed by atoms with van der Waals surface area (Å²) in [6.07, 6.45) is 2.81. The Labute approximate surface area is 118 Å². The van der Waals surface area contributed by atoms with E-state index in [2.05, 4.69) is 0 Å². The highest BCUT2D eigenvalue weighted by atomic mass is 16.5. The van der Waals surface area contributed by atoms with Gasteiger partial charge < -0.3 is 9.47 Å². The van der Waals surface area contributed by atoms with E-state index in [1.807, 2.05) is 27.7 Å². The monoisotopic (exact) mass is 274 g/mol. The Morgan fingerprint density at radius 3 is 1.30 bits per heavy atom. The number of esters is 2. The molecule has 106 valence electrons. The maximum Gasteiger partial charge on any atom is 0.336 e. The van der Waals surface area contributed by atoms with Crippen LogP contribution in [0, 0.1) is 0 Å². The van der Waals surface area contributed by atoms with E-state index >= 15 is 0 Å². The fourth-order valence-corrected chi connectivity index (χ4v) is 1.34. The quantitative estimate of drug-likeness (QED) is 0.479. The minimum Gasteiger partial charge on any atom is -0.423 e. The van der Waals surface area contributed by atoms with Crippen molar-refractivity contribution in [2.24, 2.45) is 0 Å². The summed E-state index contributed by atoms with van der Waals surface area (Å²) < 4.78 is 10.2. The van der Waals surface area contributed by atoms with Gasteiger partial charge in [-0.3, -0.25) is 0 Å². The van der Waals surface area contributed by atoms with Gasteiger partial charge in [0.25, 0.3) is 0 Å². The molecule has 0 aromatic heterocycles. The van der Waals surface area contributed by atoms with Crippen LogP contribution < -0.4 is 9.47 Å². The second-order valence-corrected chi connectivity index (χ2v) is 4.76. The van der Waals surface area contributed by atoms with Gasteiger partial charge in [0.15, 0.2) is 0 Å². The van der Waals surface area contributed by atoms with Gasteiger partial charge in [0, 0.05) is 12.2 Å². The molecule has 0 bridgehead atoms. The summed E-state index contributed by atoms with van der Waals surface area (Å²) in [4.78, 5) is 22.8. The summed E-state index contributed by atoms with van der Waals surface area (Å²) in [6.45, 7) is 7.25. The number of carbonyl (C=O) groups is 2. The number of rotatable bonds is 4. The standard InChI is InChI=1S/C16H18O4/c1-11(2)9-15(17)19-13-5-7-14(8-6-13)20-16(18)10-12(3)4/h5-10H,1-4H3. The molecule has 1 rings (SSSR count). The maximum atomic E-state index is 11.4. The van der Waals surface area contributed by atoms with Crippen molar-refractivity contribution in [3.8, 4) is 11.5 Å². The molecule has 0 saturated carbocycles. The molecule has 4 nitrogen and oxygen atoms in total. The van der Waals surface area contributed by atoms with Crippen molar-refractivity contribution < 1.29 is 19.1 Å². The number of benzene rings is 1. The van der Waals surface area contributed by atoms with Gasteiger partial charge in [-0.2, -0.15) is 0 Å². The molecule has 0 fully saturated rings. The first kappa shape index (κ1) is 15.7. The van der Waals surface area contributed by atoms with Gasteiger partial charge in [0.1, 0.15) is 11.5 Å². The Morgan fingerprint density at radius 1 is 0.750 bits per heavy atom. The third-order valence-corrected chi connectivity index (χ3v) is 2.07. The van der Waals surface area contributed by atoms with Crippen molar-refractivity contribution in [1.29, 1.82) is 0 Å². The van der Waals surface area contributed by atoms with Crippen LogP contribution in [0.5, 0.6) is 11.5 Å². The molecule has 0 aliphatic rings. The van der Waals surface area contributed by atoms with Crippen molar-refractivity contribution in [2.75, 3.05) is 0 Å². The molecule has 0 saturated heterocycles. The normalized spacial score (nSPS) is 9.40. The van der Waals surface area contributed by atoms with Gasteiger partial charge >= 0.3 is 11.9 Å². The second-order valence-electron chi connectivity index (χ2n) is 4.76. The molecule has 4 heteroatoms. The largest absolute Gasteiger partial charge is 0.423 e. The number of ether oxygens (including phenoxy) is 2. The van der Waals surface area contributed by atoms with E-state index in [4.69, 9.17) is 9.47 Å². The molecular weight excluding hydrogens is 256 g/mol. The number of hydrogen-bond acceptors (Lipinski definition) is 4. The molecule has 0 unspecified atom stereocenters. The Morgan fingerprint density at radius 2 is 1.05 bits per heavy atom. The lowest BCUT2D eigenvalue weighted by Crippen LogP contribution is -2.06.